The topological polar surface area (TPSA) is 65.5 Å². The number of benzene rings is 4. The van der Waals surface area contributed by atoms with Gasteiger partial charge in [0, 0.05) is 11.1 Å². The smallest absolute Gasteiger partial charge is 0.206 e. The summed E-state index contributed by atoms with van der Waals surface area (Å²) in [6.07, 6.45) is 0. The highest BCUT2D eigenvalue weighted by Gasteiger charge is 2.20. The minimum Gasteiger partial charge on any atom is -0.488 e. The zero-order chi connectivity index (χ0) is 30.8. The molecule has 220 valence electrons. The van der Waals surface area contributed by atoms with Crippen LogP contribution in [0.15, 0.2) is 125 Å². The minimum absolute atomic E-state index is 0.0467. The van der Waals surface area contributed by atoms with Gasteiger partial charge in [0.15, 0.2) is 0 Å². The Bertz CT molecular complexity index is 1800. The van der Waals surface area contributed by atoms with Gasteiger partial charge in [-0.05, 0) is 129 Å². The number of hydrogen-bond acceptors (Lipinski definition) is 5. The molecule has 0 unspecified atom stereocenters. The first-order chi connectivity index (χ1) is 20.3. The summed E-state index contributed by atoms with van der Waals surface area (Å²) >= 11 is 0. The molecule has 0 fully saturated rings. The van der Waals surface area contributed by atoms with E-state index in [0.717, 1.165) is 33.8 Å². The summed E-state index contributed by atoms with van der Waals surface area (Å²) < 4.78 is 38.3. The number of rotatable bonds is 7. The van der Waals surface area contributed by atoms with E-state index in [1.165, 1.54) is 0 Å². The second-order valence-electron chi connectivity index (χ2n) is 12.5. The van der Waals surface area contributed by atoms with Gasteiger partial charge in [-0.3, -0.25) is 0 Å². The molecule has 0 spiro atoms. The van der Waals surface area contributed by atoms with Crippen molar-refractivity contribution >= 4 is 9.84 Å². The molecule has 0 N–H and O–H groups in total. The van der Waals surface area contributed by atoms with Crippen molar-refractivity contribution in [1.29, 1.82) is 0 Å². The Kier molecular flexibility index (Phi) is 8.17. The maximum atomic E-state index is 13.2. The molecule has 5 rings (SSSR count). The third-order valence-corrected chi connectivity index (χ3v) is 8.66. The SMILES string of the molecule is CC(C)(C)Oc1ccc(-c2cccc(-c3ccc(Oc4ccc(S(=O)(=O)c5ccc(C(C)(C)C)cc5)cc4)cc3)n2)cc1. The number of aromatic nitrogens is 1. The van der Waals surface area contributed by atoms with Crippen molar-refractivity contribution in [3.8, 4) is 39.8 Å². The quantitative estimate of drug-likeness (QED) is 0.189. The summed E-state index contributed by atoms with van der Waals surface area (Å²) in [7, 11) is -3.63. The number of nitrogens with zero attached hydrogens (tertiary/aromatic N) is 1. The lowest BCUT2D eigenvalue weighted by Crippen LogP contribution is -2.22. The summed E-state index contributed by atoms with van der Waals surface area (Å²) in [5, 5.41) is 0. The molecule has 43 heavy (non-hydrogen) atoms. The summed E-state index contributed by atoms with van der Waals surface area (Å²) in [4.78, 5) is 5.36. The van der Waals surface area contributed by atoms with Crippen LogP contribution in [0.1, 0.15) is 47.1 Å². The number of sulfone groups is 1. The summed E-state index contributed by atoms with van der Waals surface area (Å²) in [5.41, 5.74) is 4.48. The van der Waals surface area contributed by atoms with E-state index in [4.69, 9.17) is 14.5 Å². The van der Waals surface area contributed by atoms with E-state index in [9.17, 15) is 8.42 Å². The Hall–Kier alpha value is -4.42. The van der Waals surface area contributed by atoms with Gasteiger partial charge < -0.3 is 9.47 Å². The molecule has 1 heterocycles. The lowest BCUT2D eigenvalue weighted by atomic mass is 9.87. The molecule has 1 aromatic heterocycles. The van der Waals surface area contributed by atoms with Gasteiger partial charge in [0.2, 0.25) is 9.84 Å². The molecule has 5 aromatic rings. The Labute approximate surface area is 255 Å². The van der Waals surface area contributed by atoms with Crippen LogP contribution < -0.4 is 9.47 Å². The fraction of sp³-hybridized carbons (Fsp3) is 0.216. The van der Waals surface area contributed by atoms with E-state index in [1.54, 1.807) is 36.4 Å². The van der Waals surface area contributed by atoms with Crippen LogP contribution in [0.3, 0.4) is 0 Å². The van der Waals surface area contributed by atoms with Crippen LogP contribution in [0.4, 0.5) is 0 Å². The van der Waals surface area contributed by atoms with Crippen LogP contribution in [-0.4, -0.2) is 19.0 Å². The number of ether oxygens (including phenoxy) is 2. The molecule has 0 aliphatic heterocycles. The van der Waals surface area contributed by atoms with Gasteiger partial charge in [0.25, 0.3) is 0 Å². The first-order valence-electron chi connectivity index (χ1n) is 14.3. The molecule has 0 aliphatic carbocycles. The van der Waals surface area contributed by atoms with E-state index in [0.29, 0.717) is 11.5 Å². The predicted octanol–water partition coefficient (Wildman–Crippen LogP) is 9.52. The highest BCUT2D eigenvalue weighted by Crippen LogP contribution is 2.30. The molecule has 0 amide bonds. The van der Waals surface area contributed by atoms with Gasteiger partial charge in [0.05, 0.1) is 21.2 Å². The molecule has 0 aliphatic rings. The Morgan fingerprint density at radius 3 is 1.40 bits per heavy atom. The fourth-order valence-corrected chi connectivity index (χ4v) is 5.85. The van der Waals surface area contributed by atoms with E-state index >= 15 is 0 Å². The largest absolute Gasteiger partial charge is 0.488 e. The zero-order valence-corrected chi connectivity index (χ0v) is 26.3. The summed E-state index contributed by atoms with van der Waals surface area (Å²) in [5.74, 6) is 2.02. The second kappa shape index (κ2) is 11.7. The highest BCUT2D eigenvalue weighted by molar-refractivity contribution is 7.91. The number of hydrogen-bond donors (Lipinski definition) is 0. The summed E-state index contributed by atoms with van der Waals surface area (Å²) in [6, 6.07) is 35.2. The molecular formula is C37H37NO4S. The van der Waals surface area contributed by atoms with Crippen LogP contribution in [0.25, 0.3) is 22.5 Å². The minimum atomic E-state index is -3.63. The normalized spacial score (nSPS) is 12.1. The zero-order valence-electron chi connectivity index (χ0n) is 25.5. The Morgan fingerprint density at radius 1 is 0.535 bits per heavy atom. The van der Waals surface area contributed by atoms with Crippen LogP contribution in [0.5, 0.6) is 17.2 Å². The third kappa shape index (κ3) is 7.33. The van der Waals surface area contributed by atoms with Crippen molar-refractivity contribution in [3.05, 3.63) is 121 Å². The molecule has 0 bridgehead atoms. The third-order valence-electron chi connectivity index (χ3n) is 6.87. The summed E-state index contributed by atoms with van der Waals surface area (Å²) in [6.45, 7) is 12.4. The van der Waals surface area contributed by atoms with Gasteiger partial charge in [-0.25, -0.2) is 13.4 Å². The van der Waals surface area contributed by atoms with Gasteiger partial charge >= 0.3 is 0 Å². The molecule has 5 nitrogen and oxygen atoms in total. The monoisotopic (exact) mass is 591 g/mol. The predicted molar refractivity (Wildman–Crippen MR) is 173 cm³/mol. The van der Waals surface area contributed by atoms with Crippen molar-refractivity contribution in [1.82, 2.24) is 4.98 Å². The van der Waals surface area contributed by atoms with Gasteiger partial charge in [-0.2, -0.15) is 0 Å². The highest BCUT2D eigenvalue weighted by atomic mass is 32.2. The van der Waals surface area contributed by atoms with Gasteiger partial charge in [-0.1, -0.05) is 39.0 Å². The van der Waals surface area contributed by atoms with Crippen LogP contribution in [0, 0.1) is 0 Å². The molecule has 0 saturated carbocycles. The first-order valence-corrected chi connectivity index (χ1v) is 15.8. The molecular weight excluding hydrogens is 554 g/mol. The molecule has 0 saturated heterocycles. The standard InChI is InChI=1S/C37H37NO4S/c1-36(2,3)28-14-22-32(23-15-28)43(39,40)33-24-20-30(21-25-33)41-29-16-10-26(11-17-29)34-8-7-9-35(38-34)27-12-18-31(19-13-27)42-37(4,5)6/h7-25H,1-6H3. The molecule has 4 aromatic carbocycles. The van der Waals surface area contributed by atoms with E-state index in [2.05, 4.69) is 20.8 Å². The van der Waals surface area contributed by atoms with Crippen molar-refractivity contribution in [3.63, 3.8) is 0 Å². The van der Waals surface area contributed by atoms with E-state index < -0.39 is 9.84 Å². The lowest BCUT2D eigenvalue weighted by Gasteiger charge is -2.21. The average molecular weight is 592 g/mol. The molecule has 0 radical (unpaired) electrons. The van der Waals surface area contributed by atoms with Crippen LogP contribution >= 0.6 is 0 Å². The van der Waals surface area contributed by atoms with Crippen molar-refractivity contribution in [2.75, 3.05) is 0 Å². The Balaban J connectivity index is 1.26. The van der Waals surface area contributed by atoms with Crippen LogP contribution in [-0.2, 0) is 15.3 Å². The Morgan fingerprint density at radius 2 is 0.953 bits per heavy atom. The lowest BCUT2D eigenvalue weighted by molar-refractivity contribution is 0.131. The first kappa shape index (κ1) is 30.1. The van der Waals surface area contributed by atoms with E-state index in [1.807, 2.05) is 99.6 Å². The van der Waals surface area contributed by atoms with Gasteiger partial charge in [0.1, 0.15) is 22.8 Å². The maximum absolute atomic E-state index is 13.2. The van der Waals surface area contributed by atoms with Crippen molar-refractivity contribution in [2.45, 2.75) is 62.3 Å². The fourth-order valence-electron chi connectivity index (χ4n) is 4.59. The molecule has 6 heteroatoms. The van der Waals surface area contributed by atoms with Crippen molar-refractivity contribution < 1.29 is 17.9 Å². The van der Waals surface area contributed by atoms with Crippen molar-refractivity contribution in [2.24, 2.45) is 0 Å². The van der Waals surface area contributed by atoms with Crippen LogP contribution in [0.2, 0.25) is 0 Å². The average Bonchev–Trinajstić information content (AvgIpc) is 2.97. The maximum Gasteiger partial charge on any atom is 0.206 e. The van der Waals surface area contributed by atoms with Gasteiger partial charge in [-0.15, -0.1) is 0 Å². The number of pyridine rings is 1. The molecule has 0 atom stereocenters. The second-order valence-corrected chi connectivity index (χ2v) is 14.5. The van der Waals surface area contributed by atoms with E-state index in [-0.39, 0.29) is 20.8 Å².